The highest BCUT2D eigenvalue weighted by atomic mass is 32.1. The van der Waals surface area contributed by atoms with Gasteiger partial charge in [0.1, 0.15) is 11.5 Å². The van der Waals surface area contributed by atoms with Gasteiger partial charge in [-0.25, -0.2) is 4.98 Å². The third-order valence-electron chi connectivity index (χ3n) is 1.69. The summed E-state index contributed by atoms with van der Waals surface area (Å²) in [4.78, 5) is 5.46. The fourth-order valence-corrected chi connectivity index (χ4v) is 1.71. The average Bonchev–Trinajstić information content (AvgIpc) is 2.61. The van der Waals surface area contributed by atoms with E-state index in [1.54, 1.807) is 11.3 Å². The first kappa shape index (κ1) is 7.36. The number of aromatic nitrogens is 2. The van der Waals surface area contributed by atoms with Crippen molar-refractivity contribution in [3.8, 4) is 10.6 Å². The molecule has 2 aromatic rings. The van der Waals surface area contributed by atoms with E-state index >= 15 is 0 Å². The van der Waals surface area contributed by atoms with Gasteiger partial charge in [-0.1, -0.05) is 6.07 Å². The average molecular weight is 179 g/mol. The molecule has 2 rings (SSSR count). The predicted octanol–water partition coefficient (Wildman–Crippen LogP) is 1.63. The van der Waals surface area contributed by atoms with E-state index in [9.17, 15) is 0 Å². The molecule has 0 aliphatic heterocycles. The maximum atomic E-state index is 5.61. The molecule has 2 N–H and O–H groups in total. The maximum absolute atomic E-state index is 5.61. The lowest BCUT2D eigenvalue weighted by molar-refractivity contribution is 0.928. The first-order valence-electron chi connectivity index (χ1n) is 3.62. The Balaban J connectivity index is 2.48. The van der Waals surface area contributed by atoms with E-state index in [2.05, 4.69) is 4.98 Å². The van der Waals surface area contributed by atoms with Crippen LogP contribution >= 0.6 is 11.3 Å². The molecule has 4 heteroatoms. The Morgan fingerprint density at radius 3 is 2.92 bits per heavy atom. The van der Waals surface area contributed by atoms with E-state index in [1.165, 1.54) is 4.68 Å². The molecule has 0 amide bonds. The first-order valence-corrected chi connectivity index (χ1v) is 4.50. The van der Waals surface area contributed by atoms with Crippen LogP contribution in [0.4, 0.5) is 0 Å². The Hall–Kier alpha value is -1.29. The number of rotatable bonds is 1. The highest BCUT2D eigenvalue weighted by Crippen LogP contribution is 2.22. The normalized spacial score (nSPS) is 10.4. The van der Waals surface area contributed by atoms with E-state index in [4.69, 9.17) is 5.84 Å². The van der Waals surface area contributed by atoms with Gasteiger partial charge in [-0.3, -0.25) is 4.68 Å². The summed E-state index contributed by atoms with van der Waals surface area (Å²) in [6.45, 7) is 1.89. The molecular weight excluding hydrogens is 170 g/mol. The number of hydrogen-bond acceptors (Lipinski definition) is 3. The molecule has 62 valence electrons. The summed E-state index contributed by atoms with van der Waals surface area (Å²) in [6, 6.07) is 4.04. The highest BCUT2D eigenvalue weighted by molar-refractivity contribution is 7.13. The van der Waals surface area contributed by atoms with Crippen molar-refractivity contribution in [3.05, 3.63) is 29.5 Å². The van der Waals surface area contributed by atoms with Crippen LogP contribution in [-0.2, 0) is 0 Å². The van der Waals surface area contributed by atoms with Crippen molar-refractivity contribution >= 4 is 11.3 Å². The van der Waals surface area contributed by atoms with Crippen molar-refractivity contribution in [2.45, 2.75) is 6.92 Å². The summed E-state index contributed by atoms with van der Waals surface area (Å²) in [5, 5.41) is 2.03. The van der Waals surface area contributed by atoms with Crippen LogP contribution in [0.3, 0.4) is 0 Å². The lowest BCUT2D eigenvalue weighted by atomic mass is 10.4. The van der Waals surface area contributed by atoms with Gasteiger partial charge in [0.25, 0.3) is 0 Å². The molecule has 0 spiro atoms. The third kappa shape index (κ3) is 1.10. The number of hydrogen-bond donors (Lipinski definition) is 1. The summed E-state index contributed by atoms with van der Waals surface area (Å²) in [5.41, 5.74) is 0.949. The SMILES string of the molecule is Cc1nc(-c2cccs2)cn1N. The van der Waals surface area contributed by atoms with E-state index in [-0.39, 0.29) is 0 Å². The number of nitrogen functional groups attached to an aromatic ring is 1. The molecule has 3 nitrogen and oxygen atoms in total. The smallest absolute Gasteiger partial charge is 0.124 e. The molecule has 0 unspecified atom stereocenters. The van der Waals surface area contributed by atoms with Gasteiger partial charge in [0.15, 0.2) is 0 Å². The Kier molecular flexibility index (Phi) is 1.62. The second-order valence-electron chi connectivity index (χ2n) is 2.56. The number of nitrogens with two attached hydrogens (primary N) is 1. The quantitative estimate of drug-likeness (QED) is 0.676. The van der Waals surface area contributed by atoms with Gasteiger partial charge in [0.05, 0.1) is 11.1 Å². The third-order valence-corrected chi connectivity index (χ3v) is 2.58. The van der Waals surface area contributed by atoms with Gasteiger partial charge in [-0.15, -0.1) is 11.3 Å². The zero-order valence-electron chi connectivity index (χ0n) is 6.69. The number of imidazole rings is 1. The molecule has 0 aliphatic carbocycles. The molecule has 0 aliphatic rings. The van der Waals surface area contributed by atoms with Crippen LogP contribution in [0, 0.1) is 6.92 Å². The lowest BCUT2D eigenvalue weighted by Gasteiger charge is -1.88. The summed E-state index contributed by atoms with van der Waals surface area (Å²) < 4.78 is 1.54. The van der Waals surface area contributed by atoms with Gasteiger partial charge in [-0.05, 0) is 18.4 Å². The molecule has 2 heterocycles. The minimum absolute atomic E-state index is 0.832. The number of nitrogens with zero attached hydrogens (tertiary/aromatic N) is 2. The minimum Gasteiger partial charge on any atom is -0.338 e. The summed E-state index contributed by atoms with van der Waals surface area (Å²) >= 11 is 1.67. The van der Waals surface area contributed by atoms with Crippen LogP contribution in [0.2, 0.25) is 0 Å². The van der Waals surface area contributed by atoms with Crippen LogP contribution in [0.15, 0.2) is 23.7 Å². The van der Waals surface area contributed by atoms with E-state index in [1.807, 2.05) is 30.6 Å². The Morgan fingerprint density at radius 2 is 2.42 bits per heavy atom. The molecule has 12 heavy (non-hydrogen) atoms. The van der Waals surface area contributed by atoms with Gasteiger partial charge >= 0.3 is 0 Å². The Bertz CT molecular complexity index is 355. The second-order valence-corrected chi connectivity index (χ2v) is 3.51. The summed E-state index contributed by atoms with van der Waals surface area (Å²) in [6.07, 6.45) is 1.83. The highest BCUT2D eigenvalue weighted by Gasteiger charge is 2.03. The van der Waals surface area contributed by atoms with Crippen LogP contribution in [0.25, 0.3) is 10.6 Å². The van der Waals surface area contributed by atoms with Gasteiger partial charge in [0.2, 0.25) is 0 Å². The van der Waals surface area contributed by atoms with Crippen LogP contribution in [0.1, 0.15) is 5.82 Å². The molecule has 0 radical (unpaired) electrons. The van der Waals surface area contributed by atoms with Gasteiger partial charge in [-0.2, -0.15) is 0 Å². The van der Waals surface area contributed by atoms with Crippen molar-refractivity contribution in [1.29, 1.82) is 0 Å². The topological polar surface area (TPSA) is 43.8 Å². The minimum atomic E-state index is 0.832. The molecule has 0 fully saturated rings. The van der Waals surface area contributed by atoms with E-state index < -0.39 is 0 Å². The van der Waals surface area contributed by atoms with Crippen LogP contribution < -0.4 is 5.84 Å². The zero-order valence-corrected chi connectivity index (χ0v) is 7.51. The van der Waals surface area contributed by atoms with Crippen molar-refractivity contribution in [3.63, 3.8) is 0 Å². The largest absolute Gasteiger partial charge is 0.338 e. The monoisotopic (exact) mass is 179 g/mol. The zero-order chi connectivity index (χ0) is 8.55. The van der Waals surface area contributed by atoms with Crippen molar-refractivity contribution in [1.82, 2.24) is 9.66 Å². The molecule has 0 bridgehead atoms. The predicted molar refractivity (Wildman–Crippen MR) is 50.4 cm³/mol. The van der Waals surface area contributed by atoms with E-state index in [0.717, 1.165) is 16.4 Å². The van der Waals surface area contributed by atoms with Gasteiger partial charge in [0, 0.05) is 0 Å². The molecule has 0 saturated heterocycles. The fourth-order valence-electron chi connectivity index (χ4n) is 1.03. The van der Waals surface area contributed by atoms with Gasteiger partial charge < -0.3 is 5.84 Å². The summed E-state index contributed by atoms with van der Waals surface area (Å²) in [7, 11) is 0. The number of thiophene rings is 1. The Labute approximate surface area is 74.4 Å². The molecule has 2 aromatic heterocycles. The van der Waals surface area contributed by atoms with Crippen LogP contribution in [-0.4, -0.2) is 9.66 Å². The molecular formula is C8H9N3S. The number of aryl methyl sites for hydroxylation is 1. The maximum Gasteiger partial charge on any atom is 0.124 e. The molecule has 0 saturated carbocycles. The second kappa shape index (κ2) is 2.64. The Morgan fingerprint density at radius 1 is 1.58 bits per heavy atom. The molecule has 0 aromatic carbocycles. The summed E-state index contributed by atoms with van der Waals surface area (Å²) in [5.74, 6) is 6.44. The molecule has 0 atom stereocenters. The standard InChI is InChI=1S/C8H9N3S/c1-6-10-7(5-11(6)9)8-3-2-4-12-8/h2-5H,9H2,1H3. The van der Waals surface area contributed by atoms with Crippen LogP contribution in [0.5, 0.6) is 0 Å². The van der Waals surface area contributed by atoms with Crippen molar-refractivity contribution in [2.75, 3.05) is 5.84 Å². The van der Waals surface area contributed by atoms with E-state index in [0.29, 0.717) is 0 Å². The first-order chi connectivity index (χ1) is 5.77. The van der Waals surface area contributed by atoms with Crippen molar-refractivity contribution < 1.29 is 0 Å². The lowest BCUT2D eigenvalue weighted by Crippen LogP contribution is -2.07. The van der Waals surface area contributed by atoms with Crippen molar-refractivity contribution in [2.24, 2.45) is 0 Å². The fraction of sp³-hybridized carbons (Fsp3) is 0.125.